The number of rotatable bonds is 6. The summed E-state index contributed by atoms with van der Waals surface area (Å²) >= 11 is 1.18. The fraction of sp³-hybridized carbons (Fsp3) is 0.0588. The molecule has 0 atom stereocenters. The van der Waals surface area contributed by atoms with E-state index in [1.54, 1.807) is 24.3 Å². The van der Waals surface area contributed by atoms with Gasteiger partial charge in [0.25, 0.3) is 0 Å². The largest absolute Gasteiger partial charge is 0.366 e. The molecule has 5 N–H and O–H groups in total. The van der Waals surface area contributed by atoms with Gasteiger partial charge in [-0.3, -0.25) is 9.59 Å². The van der Waals surface area contributed by atoms with Gasteiger partial charge in [-0.05, 0) is 24.3 Å². The van der Waals surface area contributed by atoms with Crippen molar-refractivity contribution in [2.45, 2.75) is 5.16 Å². The molecule has 3 aromatic rings. The predicted octanol–water partition coefficient (Wildman–Crippen LogP) is 1.49. The number of nitrogens with zero attached hydrogens (tertiary/aromatic N) is 3. The molecule has 3 rings (SSSR count). The molecule has 0 aliphatic rings. The average Bonchev–Trinajstić information content (AvgIpc) is 3.02. The number of carbonyl (C=O) groups is 2. The van der Waals surface area contributed by atoms with Crippen LogP contribution in [0.3, 0.4) is 0 Å². The fourth-order valence-corrected chi connectivity index (χ4v) is 2.86. The number of aromatic nitrogens is 3. The monoisotopic (exact) mass is 368 g/mol. The maximum absolute atomic E-state index is 12.1. The molecule has 0 aliphatic carbocycles. The molecular weight excluding hydrogens is 352 g/mol. The second-order valence-electron chi connectivity index (χ2n) is 5.32. The zero-order valence-electron chi connectivity index (χ0n) is 13.6. The van der Waals surface area contributed by atoms with Gasteiger partial charge < -0.3 is 16.9 Å². The fourth-order valence-electron chi connectivity index (χ4n) is 2.20. The van der Waals surface area contributed by atoms with Gasteiger partial charge in [0.05, 0.1) is 5.75 Å². The molecule has 0 radical (unpaired) electrons. The van der Waals surface area contributed by atoms with Crippen molar-refractivity contribution in [1.82, 2.24) is 14.9 Å². The number of nitrogens with one attached hydrogen (secondary N) is 1. The van der Waals surface area contributed by atoms with E-state index in [0.29, 0.717) is 22.2 Å². The van der Waals surface area contributed by atoms with Gasteiger partial charge in [-0.1, -0.05) is 42.1 Å². The summed E-state index contributed by atoms with van der Waals surface area (Å²) < 4.78 is 1.36. The second kappa shape index (κ2) is 7.70. The summed E-state index contributed by atoms with van der Waals surface area (Å²) in [5.74, 6) is 5.90. The third-order valence-electron chi connectivity index (χ3n) is 3.48. The molecule has 0 saturated carbocycles. The third kappa shape index (κ3) is 4.01. The molecule has 1 heterocycles. The Labute approximate surface area is 153 Å². The van der Waals surface area contributed by atoms with Crippen molar-refractivity contribution in [2.24, 2.45) is 5.73 Å². The van der Waals surface area contributed by atoms with Gasteiger partial charge in [-0.2, -0.15) is 0 Å². The minimum atomic E-state index is -0.519. The molecule has 8 nitrogen and oxygen atoms in total. The van der Waals surface area contributed by atoms with Crippen molar-refractivity contribution < 1.29 is 9.59 Å². The molecule has 132 valence electrons. The lowest BCUT2D eigenvalue weighted by atomic mass is 10.2. The molecule has 0 fully saturated rings. The third-order valence-corrected chi connectivity index (χ3v) is 4.43. The van der Waals surface area contributed by atoms with Gasteiger partial charge in [0.1, 0.15) is 0 Å². The topological polar surface area (TPSA) is 129 Å². The predicted molar refractivity (Wildman–Crippen MR) is 99.9 cm³/mol. The van der Waals surface area contributed by atoms with Crippen LogP contribution in [0.1, 0.15) is 10.4 Å². The van der Waals surface area contributed by atoms with Crippen LogP contribution < -0.4 is 16.9 Å². The highest BCUT2D eigenvalue weighted by atomic mass is 32.2. The number of nitrogens with two attached hydrogens (primary N) is 2. The second-order valence-corrected chi connectivity index (χ2v) is 6.26. The van der Waals surface area contributed by atoms with E-state index in [2.05, 4.69) is 15.5 Å². The van der Waals surface area contributed by atoms with Crippen LogP contribution in [0.4, 0.5) is 5.69 Å². The average molecular weight is 368 g/mol. The Kier molecular flexibility index (Phi) is 5.18. The smallest absolute Gasteiger partial charge is 0.248 e. The molecular formula is C17H16N6O2S. The summed E-state index contributed by atoms with van der Waals surface area (Å²) in [5.41, 5.74) is 6.97. The summed E-state index contributed by atoms with van der Waals surface area (Å²) in [5, 5.41) is 11.2. The zero-order chi connectivity index (χ0) is 18.5. The summed E-state index contributed by atoms with van der Waals surface area (Å²) in [6.45, 7) is 0. The first-order valence-electron chi connectivity index (χ1n) is 7.63. The van der Waals surface area contributed by atoms with Crippen LogP contribution in [-0.4, -0.2) is 32.4 Å². The lowest BCUT2D eigenvalue weighted by Crippen LogP contribution is -2.16. The molecule has 2 aromatic carbocycles. The van der Waals surface area contributed by atoms with Gasteiger partial charge in [-0.25, -0.2) is 4.68 Å². The minimum absolute atomic E-state index is 0.113. The van der Waals surface area contributed by atoms with E-state index in [4.69, 9.17) is 11.6 Å². The molecule has 9 heteroatoms. The highest BCUT2D eigenvalue weighted by molar-refractivity contribution is 7.99. The number of benzene rings is 2. The molecule has 0 unspecified atom stereocenters. The summed E-state index contributed by atoms with van der Waals surface area (Å²) in [7, 11) is 0. The molecule has 2 amide bonds. The molecule has 0 saturated heterocycles. The Hall–Kier alpha value is -3.33. The molecule has 0 spiro atoms. The van der Waals surface area contributed by atoms with Gasteiger partial charge in [0, 0.05) is 16.8 Å². The van der Waals surface area contributed by atoms with E-state index in [1.165, 1.54) is 16.4 Å². The Morgan fingerprint density at radius 1 is 1.04 bits per heavy atom. The number of primary amides is 1. The van der Waals surface area contributed by atoms with Crippen molar-refractivity contribution in [3.8, 4) is 11.4 Å². The molecule has 26 heavy (non-hydrogen) atoms. The molecule has 0 aliphatic heterocycles. The van der Waals surface area contributed by atoms with Crippen molar-refractivity contribution in [3.63, 3.8) is 0 Å². The maximum atomic E-state index is 12.1. The van der Waals surface area contributed by atoms with Gasteiger partial charge in [0.2, 0.25) is 17.0 Å². The first kappa shape index (κ1) is 17.5. The number of carbonyl (C=O) groups excluding carboxylic acids is 2. The van der Waals surface area contributed by atoms with Gasteiger partial charge in [0.15, 0.2) is 5.82 Å². The van der Waals surface area contributed by atoms with E-state index in [0.717, 1.165) is 5.56 Å². The first-order valence-corrected chi connectivity index (χ1v) is 8.61. The molecule has 0 bridgehead atoms. The van der Waals surface area contributed by atoms with E-state index >= 15 is 0 Å². The summed E-state index contributed by atoms with van der Waals surface area (Å²) in [6.07, 6.45) is 0. The van der Waals surface area contributed by atoms with Crippen LogP contribution in [0.2, 0.25) is 0 Å². The summed E-state index contributed by atoms with van der Waals surface area (Å²) in [6, 6.07) is 15.7. The van der Waals surface area contributed by atoms with Gasteiger partial charge >= 0.3 is 0 Å². The van der Waals surface area contributed by atoms with Crippen LogP contribution in [0.25, 0.3) is 11.4 Å². The van der Waals surface area contributed by atoms with Gasteiger partial charge in [-0.15, -0.1) is 10.2 Å². The normalized spacial score (nSPS) is 10.5. The number of amides is 2. The number of thioether (sulfide) groups is 1. The number of hydrogen-bond donors (Lipinski definition) is 3. The van der Waals surface area contributed by atoms with Crippen LogP contribution >= 0.6 is 11.8 Å². The Balaban J connectivity index is 1.60. The quantitative estimate of drug-likeness (QED) is 0.446. The number of anilines is 1. The van der Waals surface area contributed by atoms with Crippen LogP contribution in [-0.2, 0) is 4.79 Å². The SMILES string of the molecule is NC(=O)c1ccc(NC(=O)CSc2nnc(-c3ccccc3)n2N)cc1. The van der Waals surface area contributed by atoms with E-state index in [1.807, 2.05) is 30.3 Å². The Morgan fingerprint density at radius 3 is 2.38 bits per heavy atom. The first-order chi connectivity index (χ1) is 12.5. The van der Waals surface area contributed by atoms with Crippen LogP contribution in [0, 0.1) is 0 Å². The lowest BCUT2D eigenvalue weighted by Gasteiger charge is -2.06. The molecule has 1 aromatic heterocycles. The van der Waals surface area contributed by atoms with Crippen molar-refractivity contribution in [1.29, 1.82) is 0 Å². The maximum Gasteiger partial charge on any atom is 0.248 e. The Bertz CT molecular complexity index is 924. The number of hydrogen-bond acceptors (Lipinski definition) is 6. The Morgan fingerprint density at radius 2 is 1.73 bits per heavy atom. The van der Waals surface area contributed by atoms with Crippen molar-refractivity contribution >= 4 is 29.3 Å². The lowest BCUT2D eigenvalue weighted by molar-refractivity contribution is -0.113. The van der Waals surface area contributed by atoms with Crippen LogP contribution in [0.15, 0.2) is 59.8 Å². The number of nitrogen functional groups attached to an aromatic ring is 1. The summed E-state index contributed by atoms with van der Waals surface area (Å²) in [4.78, 5) is 23.1. The highest BCUT2D eigenvalue weighted by Crippen LogP contribution is 2.21. The highest BCUT2D eigenvalue weighted by Gasteiger charge is 2.13. The van der Waals surface area contributed by atoms with Crippen LogP contribution in [0.5, 0.6) is 0 Å². The van der Waals surface area contributed by atoms with Crippen molar-refractivity contribution in [3.05, 3.63) is 60.2 Å². The minimum Gasteiger partial charge on any atom is -0.366 e. The van der Waals surface area contributed by atoms with E-state index in [-0.39, 0.29) is 11.7 Å². The standard InChI is InChI=1S/C17H16N6O2S/c18-15(25)11-6-8-13(9-7-11)20-14(24)10-26-17-22-21-16(23(17)19)12-4-2-1-3-5-12/h1-9H,10,19H2,(H2,18,25)(H,20,24). The van der Waals surface area contributed by atoms with E-state index < -0.39 is 5.91 Å². The van der Waals surface area contributed by atoms with Crippen molar-refractivity contribution in [2.75, 3.05) is 16.9 Å². The van der Waals surface area contributed by atoms with E-state index in [9.17, 15) is 9.59 Å². The zero-order valence-corrected chi connectivity index (χ0v) is 14.4.